The number of hydrogen-bond acceptors (Lipinski definition) is 7. The van der Waals surface area contributed by atoms with Crippen molar-refractivity contribution in [3.8, 4) is 0 Å². The van der Waals surface area contributed by atoms with Gasteiger partial charge in [-0.3, -0.25) is 4.79 Å². The van der Waals surface area contributed by atoms with Crippen LogP contribution in [-0.2, 0) is 10.0 Å². The van der Waals surface area contributed by atoms with Crippen LogP contribution in [0.1, 0.15) is 40.6 Å². The molecule has 1 aliphatic heterocycles. The van der Waals surface area contributed by atoms with E-state index in [9.17, 15) is 18.3 Å². The average molecular weight is 488 g/mol. The first kappa shape index (κ1) is 23.8. The van der Waals surface area contributed by atoms with Gasteiger partial charge in [0.25, 0.3) is 0 Å². The van der Waals surface area contributed by atoms with E-state index in [4.69, 9.17) is 0 Å². The van der Waals surface area contributed by atoms with E-state index in [1.54, 1.807) is 31.3 Å². The number of nitrogens with one attached hydrogen (secondary N) is 1. The lowest BCUT2D eigenvalue weighted by atomic mass is 9.98. The molecule has 1 saturated heterocycles. The number of hydrogen-bond donors (Lipinski definition) is 2. The Morgan fingerprint density at radius 3 is 2.70 bits per heavy atom. The van der Waals surface area contributed by atoms with Crippen LogP contribution in [0.3, 0.4) is 0 Å². The molecule has 2 aliphatic rings. The van der Waals surface area contributed by atoms with Gasteiger partial charge in [0.05, 0.1) is 11.1 Å². The van der Waals surface area contributed by atoms with Crippen LogP contribution in [-0.4, -0.2) is 53.2 Å². The quantitative estimate of drug-likeness (QED) is 0.579. The van der Waals surface area contributed by atoms with Crippen molar-refractivity contribution in [2.45, 2.75) is 31.6 Å². The number of ketones is 1. The number of anilines is 1. The predicted octanol–water partition coefficient (Wildman–Crippen LogP) is 3.59. The minimum absolute atomic E-state index is 0.0315. The molecule has 2 unspecified atom stereocenters. The number of aromatic nitrogens is 1. The number of carbonyl (C=O) groups is 1. The summed E-state index contributed by atoms with van der Waals surface area (Å²) in [6, 6.07) is 7.50. The summed E-state index contributed by atoms with van der Waals surface area (Å²) in [6.07, 6.45) is 9.41. The van der Waals surface area contributed by atoms with E-state index in [0.717, 1.165) is 5.56 Å². The summed E-state index contributed by atoms with van der Waals surface area (Å²) in [5, 5.41) is 14.9. The van der Waals surface area contributed by atoms with Crippen LogP contribution in [0.15, 0.2) is 54.8 Å². The van der Waals surface area contributed by atoms with Crippen molar-refractivity contribution in [3.05, 3.63) is 70.8 Å². The summed E-state index contributed by atoms with van der Waals surface area (Å²) in [7, 11) is -3.88. The van der Waals surface area contributed by atoms with Crippen LogP contribution in [0.5, 0.6) is 0 Å². The standard InChI is InChI=1S/C24H29N3O4S2/c1-17-7-3-4-9-20(17)22(28)21-16-26-23(32-21)25-15-19-10-13-27(14-11-19)33(30,31)24(29)12-6-5-8-18(24)2/h3-9,12,16,18-19,29H,10-11,13-15H2,1-2H3,(H,25,26). The molecule has 7 nitrogen and oxygen atoms in total. The number of benzene rings is 1. The van der Waals surface area contributed by atoms with E-state index >= 15 is 0 Å². The Kier molecular flexibility index (Phi) is 6.86. The molecule has 33 heavy (non-hydrogen) atoms. The third-order valence-electron chi connectivity index (χ3n) is 6.49. The molecular formula is C24H29N3O4S2. The Hall–Kier alpha value is -2.33. The molecule has 1 aromatic heterocycles. The summed E-state index contributed by atoms with van der Waals surface area (Å²) in [4.78, 5) is 15.8. The van der Waals surface area contributed by atoms with Crippen molar-refractivity contribution in [3.63, 3.8) is 0 Å². The zero-order valence-electron chi connectivity index (χ0n) is 18.8. The summed E-state index contributed by atoms with van der Waals surface area (Å²) < 4.78 is 27.6. The number of aryl methyl sites for hydroxylation is 1. The van der Waals surface area contributed by atoms with Crippen LogP contribution in [0.2, 0.25) is 0 Å². The van der Waals surface area contributed by atoms with Crippen molar-refractivity contribution in [2.75, 3.05) is 25.0 Å². The van der Waals surface area contributed by atoms with Crippen molar-refractivity contribution in [1.82, 2.24) is 9.29 Å². The average Bonchev–Trinajstić information content (AvgIpc) is 3.29. The lowest BCUT2D eigenvalue weighted by Gasteiger charge is -2.39. The van der Waals surface area contributed by atoms with E-state index < -0.39 is 20.9 Å². The number of carbonyl (C=O) groups excluding carboxylic acids is 1. The molecule has 9 heteroatoms. The van der Waals surface area contributed by atoms with E-state index in [1.165, 1.54) is 21.7 Å². The van der Waals surface area contributed by atoms with Gasteiger partial charge in [0, 0.05) is 31.1 Å². The van der Waals surface area contributed by atoms with Gasteiger partial charge < -0.3 is 10.4 Å². The zero-order valence-corrected chi connectivity index (χ0v) is 20.4. The second-order valence-corrected chi connectivity index (χ2v) is 11.8. The monoisotopic (exact) mass is 487 g/mol. The predicted molar refractivity (Wildman–Crippen MR) is 131 cm³/mol. The lowest BCUT2D eigenvalue weighted by Crippen LogP contribution is -2.53. The Labute approximate surface area is 198 Å². The van der Waals surface area contributed by atoms with E-state index in [1.807, 2.05) is 31.2 Å². The van der Waals surface area contributed by atoms with Gasteiger partial charge in [0.15, 0.2) is 5.13 Å². The molecule has 0 radical (unpaired) electrons. The molecule has 2 aromatic rings. The Morgan fingerprint density at radius 2 is 2.00 bits per heavy atom. The van der Waals surface area contributed by atoms with E-state index in [2.05, 4.69) is 10.3 Å². The summed E-state index contributed by atoms with van der Waals surface area (Å²) in [6.45, 7) is 5.02. The van der Waals surface area contributed by atoms with Gasteiger partial charge >= 0.3 is 0 Å². The number of aliphatic hydroxyl groups is 1. The third-order valence-corrected chi connectivity index (χ3v) is 9.82. The highest BCUT2D eigenvalue weighted by Crippen LogP contribution is 2.34. The molecule has 0 bridgehead atoms. The maximum Gasteiger partial charge on any atom is 0.248 e. The molecule has 0 spiro atoms. The topological polar surface area (TPSA) is 99.6 Å². The van der Waals surface area contributed by atoms with Gasteiger partial charge in [-0.25, -0.2) is 13.4 Å². The van der Waals surface area contributed by atoms with Gasteiger partial charge in [0.2, 0.25) is 20.7 Å². The van der Waals surface area contributed by atoms with Gasteiger partial charge in [-0.05, 0) is 37.3 Å². The van der Waals surface area contributed by atoms with Crippen LogP contribution in [0.25, 0.3) is 0 Å². The zero-order chi connectivity index (χ0) is 23.6. The molecule has 2 atom stereocenters. The smallest absolute Gasteiger partial charge is 0.248 e. The maximum absolute atomic E-state index is 13.1. The van der Waals surface area contributed by atoms with E-state index in [0.29, 0.717) is 48.0 Å². The minimum atomic E-state index is -3.88. The highest BCUT2D eigenvalue weighted by molar-refractivity contribution is 7.90. The molecule has 176 valence electrons. The number of sulfonamides is 1. The molecule has 2 N–H and O–H groups in total. The molecular weight excluding hydrogens is 458 g/mol. The fourth-order valence-corrected chi connectivity index (χ4v) is 6.93. The fraction of sp³-hybridized carbons (Fsp3) is 0.417. The van der Waals surface area contributed by atoms with Crippen LogP contribution < -0.4 is 5.32 Å². The molecule has 1 fully saturated rings. The highest BCUT2D eigenvalue weighted by atomic mass is 32.2. The Balaban J connectivity index is 1.32. The second-order valence-electron chi connectivity index (χ2n) is 8.69. The molecule has 0 saturated carbocycles. The molecule has 2 heterocycles. The van der Waals surface area contributed by atoms with Gasteiger partial charge in [0.1, 0.15) is 0 Å². The largest absolute Gasteiger partial charge is 0.370 e. The van der Waals surface area contributed by atoms with Gasteiger partial charge in [-0.2, -0.15) is 4.31 Å². The second kappa shape index (κ2) is 9.50. The summed E-state index contributed by atoms with van der Waals surface area (Å²) >= 11 is 1.33. The molecule has 1 aromatic carbocycles. The third kappa shape index (κ3) is 4.68. The molecule has 1 aliphatic carbocycles. The highest BCUT2D eigenvalue weighted by Gasteiger charge is 2.48. The Bertz CT molecular complexity index is 1180. The van der Waals surface area contributed by atoms with Crippen molar-refractivity contribution < 1.29 is 18.3 Å². The van der Waals surface area contributed by atoms with Crippen LogP contribution in [0, 0.1) is 18.8 Å². The van der Waals surface area contributed by atoms with Crippen molar-refractivity contribution >= 4 is 32.3 Å². The number of nitrogens with zero attached hydrogens (tertiary/aromatic N) is 2. The first-order valence-electron chi connectivity index (χ1n) is 11.1. The minimum Gasteiger partial charge on any atom is -0.370 e. The van der Waals surface area contributed by atoms with Crippen molar-refractivity contribution in [2.24, 2.45) is 11.8 Å². The number of allylic oxidation sites excluding steroid dienone is 2. The maximum atomic E-state index is 13.1. The number of piperidine rings is 1. The van der Waals surface area contributed by atoms with Crippen LogP contribution >= 0.6 is 11.3 Å². The summed E-state index contributed by atoms with van der Waals surface area (Å²) in [5.41, 5.74) is 1.62. The SMILES string of the molecule is Cc1ccccc1C(=O)c1cnc(NCC2CCN(S(=O)(=O)C3(O)C=CC=CC3C)CC2)s1. The van der Waals surface area contributed by atoms with E-state index in [-0.39, 0.29) is 11.7 Å². The van der Waals surface area contributed by atoms with Gasteiger partial charge in [-0.15, -0.1) is 0 Å². The first-order chi connectivity index (χ1) is 15.7. The van der Waals surface area contributed by atoms with Crippen molar-refractivity contribution in [1.29, 1.82) is 0 Å². The molecule has 0 amide bonds. The van der Waals surface area contributed by atoms with Gasteiger partial charge in [-0.1, -0.05) is 60.8 Å². The van der Waals surface area contributed by atoms with Crippen LogP contribution in [0.4, 0.5) is 5.13 Å². The Morgan fingerprint density at radius 1 is 1.27 bits per heavy atom. The normalized spacial score (nSPS) is 24.2. The first-order valence-corrected chi connectivity index (χ1v) is 13.4. The lowest BCUT2D eigenvalue weighted by molar-refractivity contribution is 0.104. The number of rotatable bonds is 7. The fourth-order valence-electron chi connectivity index (χ4n) is 4.25. The summed E-state index contributed by atoms with van der Waals surface area (Å²) in [5.74, 6) is -0.256. The number of thiazole rings is 1. The molecule has 4 rings (SSSR count).